The van der Waals surface area contributed by atoms with E-state index >= 15 is 0 Å². The van der Waals surface area contributed by atoms with E-state index in [0.29, 0.717) is 6.04 Å². The Balaban J connectivity index is 1.31. The zero-order valence-electron chi connectivity index (χ0n) is 15.7. The number of likely N-dealkylation sites (tertiary alicyclic amines) is 1. The summed E-state index contributed by atoms with van der Waals surface area (Å²) in [4.78, 5) is 7.57. The third-order valence-electron chi connectivity index (χ3n) is 5.80. The van der Waals surface area contributed by atoms with Crippen LogP contribution < -0.4 is 4.90 Å². The standard InChI is InChI=1S/C22H27ClFN3/c23-19-4-1-3-18(15-19)16-25-10-2-5-22(17-25)27-13-11-26(12-14-27)21-8-6-20(24)7-9-21/h1,3-4,6-9,15,22H,2,5,10-14,16-17H2. The fourth-order valence-corrected chi connectivity index (χ4v) is 4.58. The Labute approximate surface area is 166 Å². The molecule has 0 amide bonds. The molecule has 2 fully saturated rings. The van der Waals surface area contributed by atoms with Crippen LogP contribution in [0.2, 0.25) is 5.02 Å². The third-order valence-corrected chi connectivity index (χ3v) is 6.03. The van der Waals surface area contributed by atoms with E-state index < -0.39 is 0 Å². The van der Waals surface area contributed by atoms with Gasteiger partial charge in [0.05, 0.1) is 0 Å². The van der Waals surface area contributed by atoms with Gasteiger partial charge in [-0.05, 0) is 61.3 Å². The summed E-state index contributed by atoms with van der Waals surface area (Å²) >= 11 is 6.13. The molecule has 1 atom stereocenters. The van der Waals surface area contributed by atoms with Gasteiger partial charge < -0.3 is 4.90 Å². The maximum absolute atomic E-state index is 13.1. The number of anilines is 1. The molecular formula is C22H27ClFN3. The number of halogens is 2. The molecule has 5 heteroatoms. The minimum atomic E-state index is -0.167. The molecule has 2 aromatic rings. The molecule has 0 aliphatic carbocycles. The molecule has 0 aromatic heterocycles. The van der Waals surface area contributed by atoms with Gasteiger partial charge >= 0.3 is 0 Å². The summed E-state index contributed by atoms with van der Waals surface area (Å²) in [5, 5.41) is 0.818. The first-order chi connectivity index (χ1) is 13.2. The average molecular weight is 388 g/mol. The Kier molecular flexibility index (Phi) is 5.96. The highest BCUT2D eigenvalue weighted by molar-refractivity contribution is 6.30. The lowest BCUT2D eigenvalue weighted by Crippen LogP contribution is -2.55. The van der Waals surface area contributed by atoms with E-state index in [1.165, 1.54) is 24.9 Å². The Morgan fingerprint density at radius 3 is 2.48 bits per heavy atom. The Morgan fingerprint density at radius 1 is 0.963 bits per heavy atom. The van der Waals surface area contributed by atoms with Gasteiger partial charge in [-0.1, -0.05) is 23.7 Å². The van der Waals surface area contributed by atoms with Crippen LogP contribution in [0, 0.1) is 5.82 Å². The molecule has 2 saturated heterocycles. The SMILES string of the molecule is Fc1ccc(N2CCN(C3CCCN(Cc4cccc(Cl)c4)C3)CC2)cc1. The summed E-state index contributed by atoms with van der Waals surface area (Å²) in [7, 11) is 0. The van der Waals surface area contributed by atoms with Crippen LogP contribution in [0.3, 0.4) is 0 Å². The number of hydrogen-bond donors (Lipinski definition) is 0. The highest BCUT2D eigenvalue weighted by atomic mass is 35.5. The van der Waals surface area contributed by atoms with Crippen LogP contribution in [0.1, 0.15) is 18.4 Å². The Hall–Kier alpha value is -1.62. The van der Waals surface area contributed by atoms with Crippen molar-refractivity contribution in [2.45, 2.75) is 25.4 Å². The van der Waals surface area contributed by atoms with E-state index in [9.17, 15) is 4.39 Å². The minimum Gasteiger partial charge on any atom is -0.369 e. The van der Waals surface area contributed by atoms with Crippen molar-refractivity contribution >= 4 is 17.3 Å². The summed E-state index contributed by atoms with van der Waals surface area (Å²) in [5.74, 6) is -0.167. The first-order valence-electron chi connectivity index (χ1n) is 9.89. The molecule has 2 heterocycles. The Bertz CT molecular complexity index is 743. The lowest BCUT2D eigenvalue weighted by Gasteiger charge is -2.44. The molecule has 2 aromatic carbocycles. The molecule has 1 unspecified atom stereocenters. The second kappa shape index (κ2) is 8.59. The van der Waals surface area contributed by atoms with Crippen molar-refractivity contribution in [3.63, 3.8) is 0 Å². The van der Waals surface area contributed by atoms with Crippen LogP contribution in [0.4, 0.5) is 10.1 Å². The van der Waals surface area contributed by atoms with E-state index in [0.717, 1.165) is 50.0 Å². The average Bonchev–Trinajstić information content (AvgIpc) is 2.69. The van der Waals surface area contributed by atoms with Crippen LogP contribution in [0.5, 0.6) is 0 Å². The summed E-state index contributed by atoms with van der Waals surface area (Å²) in [6, 6.07) is 15.7. The van der Waals surface area contributed by atoms with Crippen LogP contribution in [-0.4, -0.2) is 55.1 Å². The quantitative estimate of drug-likeness (QED) is 0.775. The summed E-state index contributed by atoms with van der Waals surface area (Å²) in [5.41, 5.74) is 2.42. The van der Waals surface area contributed by atoms with Gasteiger partial charge in [0.1, 0.15) is 5.82 Å². The Morgan fingerprint density at radius 2 is 1.74 bits per heavy atom. The van der Waals surface area contributed by atoms with E-state index in [1.54, 1.807) is 12.1 Å². The molecular weight excluding hydrogens is 361 g/mol. The van der Waals surface area contributed by atoms with Gasteiger partial charge in [-0.25, -0.2) is 4.39 Å². The van der Waals surface area contributed by atoms with Crippen molar-refractivity contribution in [3.05, 3.63) is 64.9 Å². The van der Waals surface area contributed by atoms with Crippen LogP contribution in [0.25, 0.3) is 0 Å². The van der Waals surface area contributed by atoms with Gasteiger partial charge in [0.2, 0.25) is 0 Å². The van der Waals surface area contributed by atoms with Crippen molar-refractivity contribution in [1.29, 1.82) is 0 Å². The van der Waals surface area contributed by atoms with Crippen LogP contribution in [0.15, 0.2) is 48.5 Å². The third kappa shape index (κ3) is 4.81. The van der Waals surface area contributed by atoms with Crippen molar-refractivity contribution in [3.8, 4) is 0 Å². The predicted molar refractivity (Wildman–Crippen MR) is 110 cm³/mol. The molecule has 0 spiro atoms. The van der Waals surface area contributed by atoms with E-state index in [4.69, 9.17) is 11.6 Å². The molecule has 27 heavy (non-hydrogen) atoms. The van der Waals surface area contributed by atoms with Gasteiger partial charge in [-0.15, -0.1) is 0 Å². The number of piperazine rings is 1. The predicted octanol–water partition coefficient (Wildman–Crippen LogP) is 4.27. The number of piperidine rings is 1. The summed E-state index contributed by atoms with van der Waals surface area (Å²) < 4.78 is 13.1. The molecule has 2 aliphatic heterocycles. The zero-order chi connectivity index (χ0) is 18.6. The normalized spacial score (nSPS) is 22.1. The van der Waals surface area contributed by atoms with Crippen molar-refractivity contribution < 1.29 is 4.39 Å². The maximum Gasteiger partial charge on any atom is 0.123 e. The molecule has 4 rings (SSSR count). The van der Waals surface area contributed by atoms with Crippen molar-refractivity contribution in [2.75, 3.05) is 44.2 Å². The number of nitrogens with zero attached hydrogens (tertiary/aromatic N) is 3. The van der Waals surface area contributed by atoms with Gasteiger partial charge in [0.15, 0.2) is 0 Å². The van der Waals surface area contributed by atoms with Gasteiger partial charge in [-0.3, -0.25) is 9.80 Å². The van der Waals surface area contributed by atoms with Gasteiger partial charge in [0, 0.05) is 56.0 Å². The molecule has 144 valence electrons. The topological polar surface area (TPSA) is 9.72 Å². The van der Waals surface area contributed by atoms with Crippen LogP contribution >= 0.6 is 11.6 Å². The number of hydrogen-bond acceptors (Lipinski definition) is 3. The molecule has 0 bridgehead atoms. The first-order valence-corrected chi connectivity index (χ1v) is 10.3. The lowest BCUT2D eigenvalue weighted by molar-refractivity contribution is 0.0888. The number of rotatable bonds is 4. The molecule has 3 nitrogen and oxygen atoms in total. The monoisotopic (exact) mass is 387 g/mol. The second-order valence-electron chi connectivity index (χ2n) is 7.66. The fraction of sp³-hybridized carbons (Fsp3) is 0.455. The fourth-order valence-electron chi connectivity index (χ4n) is 4.36. The van der Waals surface area contributed by atoms with Crippen molar-refractivity contribution in [1.82, 2.24) is 9.80 Å². The van der Waals surface area contributed by atoms with Crippen LogP contribution in [-0.2, 0) is 6.54 Å². The number of benzene rings is 2. The lowest BCUT2D eigenvalue weighted by atomic mass is 10.0. The minimum absolute atomic E-state index is 0.167. The zero-order valence-corrected chi connectivity index (χ0v) is 16.4. The van der Waals surface area contributed by atoms with Gasteiger partial charge in [-0.2, -0.15) is 0 Å². The highest BCUT2D eigenvalue weighted by Gasteiger charge is 2.28. The highest BCUT2D eigenvalue weighted by Crippen LogP contribution is 2.22. The molecule has 0 radical (unpaired) electrons. The molecule has 0 N–H and O–H groups in total. The van der Waals surface area contributed by atoms with E-state index in [1.807, 2.05) is 24.3 Å². The van der Waals surface area contributed by atoms with Gasteiger partial charge in [0.25, 0.3) is 0 Å². The first kappa shape index (κ1) is 18.7. The van der Waals surface area contributed by atoms with E-state index in [2.05, 4.69) is 26.8 Å². The second-order valence-corrected chi connectivity index (χ2v) is 8.10. The molecule has 2 aliphatic rings. The largest absolute Gasteiger partial charge is 0.369 e. The summed E-state index contributed by atoms with van der Waals surface area (Å²) in [6.45, 7) is 7.45. The maximum atomic E-state index is 13.1. The summed E-state index contributed by atoms with van der Waals surface area (Å²) in [6.07, 6.45) is 2.53. The smallest absolute Gasteiger partial charge is 0.123 e. The molecule has 0 saturated carbocycles. The van der Waals surface area contributed by atoms with E-state index in [-0.39, 0.29) is 5.82 Å². The van der Waals surface area contributed by atoms with Crippen molar-refractivity contribution in [2.24, 2.45) is 0 Å².